The van der Waals surface area contributed by atoms with Crippen molar-refractivity contribution in [2.24, 2.45) is 18.9 Å². The minimum Gasteiger partial charge on any atom is -0.368 e. The molecule has 1 N–H and O–H groups in total. The summed E-state index contributed by atoms with van der Waals surface area (Å²) in [4.78, 5) is 17.6. The van der Waals surface area contributed by atoms with E-state index in [0.29, 0.717) is 19.1 Å². The summed E-state index contributed by atoms with van der Waals surface area (Å²) in [5.41, 5.74) is 5.46. The summed E-state index contributed by atoms with van der Waals surface area (Å²) in [5.74, 6) is 1.98. The topological polar surface area (TPSA) is 100 Å². The molecule has 2 aromatic carbocycles. The summed E-state index contributed by atoms with van der Waals surface area (Å²) in [5, 5.41) is 7.39. The van der Waals surface area contributed by atoms with Crippen LogP contribution in [0.3, 0.4) is 0 Å². The van der Waals surface area contributed by atoms with Gasteiger partial charge in [-0.1, -0.05) is 41.6 Å². The molecule has 2 aliphatic carbocycles. The third kappa shape index (κ3) is 4.58. The zero-order chi connectivity index (χ0) is 26.7. The first kappa shape index (κ1) is 24.9. The number of hydrogen-bond acceptors (Lipinski definition) is 7. The summed E-state index contributed by atoms with van der Waals surface area (Å²) < 4.78 is 29.5. The molecule has 2 unspecified atom stereocenters. The Kier molecular flexibility index (Phi) is 6.09. The normalized spacial score (nSPS) is 26.6. The number of benzene rings is 2. The van der Waals surface area contributed by atoms with Gasteiger partial charge in [0.15, 0.2) is 6.29 Å². The Bertz CT molecular complexity index is 1490. The molecule has 10 heteroatoms. The van der Waals surface area contributed by atoms with Crippen LogP contribution in [0.25, 0.3) is 0 Å². The molecule has 0 amide bonds. The van der Waals surface area contributed by atoms with Gasteiger partial charge in [-0.15, -0.1) is 5.10 Å². The minimum atomic E-state index is -3.74. The lowest BCUT2D eigenvalue weighted by molar-refractivity contribution is 0.111. The molecule has 0 radical (unpaired) electrons. The van der Waals surface area contributed by atoms with Crippen molar-refractivity contribution >= 4 is 22.0 Å². The molecule has 204 valence electrons. The predicted molar refractivity (Wildman–Crippen MR) is 147 cm³/mol. The van der Waals surface area contributed by atoms with Gasteiger partial charge in [0, 0.05) is 56.4 Å². The predicted octanol–water partition coefficient (Wildman–Crippen LogP) is 2.39. The standard InChI is InChI=1S/C29H34N6O3S/c1-33-17-28(30-32-33)39(37,38)31-23-15-35(16-23)27-10-8-20-7-9-26(34-13-21-12-22(21)14-34)24(29(20)25(27)18-36)11-19-5-3-2-4-6-19/h2-6,8,10,17-18,21-24,26,31H,7,9,11-16H2,1H3/t21?,22?,24-,26-/m0/s1. The molecule has 1 aromatic heterocycles. The Morgan fingerprint density at radius 2 is 1.82 bits per heavy atom. The third-order valence-corrected chi connectivity index (χ3v) is 10.6. The summed E-state index contributed by atoms with van der Waals surface area (Å²) in [7, 11) is -2.11. The van der Waals surface area contributed by atoms with Crippen LogP contribution in [0.4, 0.5) is 5.69 Å². The molecular weight excluding hydrogens is 512 g/mol. The van der Waals surface area contributed by atoms with Gasteiger partial charge >= 0.3 is 0 Å². The van der Waals surface area contributed by atoms with Crippen molar-refractivity contribution in [3.05, 3.63) is 70.9 Å². The lowest BCUT2D eigenvalue weighted by atomic mass is 9.73. The highest BCUT2D eigenvalue weighted by Crippen LogP contribution is 2.49. The van der Waals surface area contributed by atoms with E-state index < -0.39 is 10.0 Å². The fourth-order valence-electron chi connectivity index (χ4n) is 7.15. The fraction of sp³-hybridized carbons (Fsp3) is 0.483. The van der Waals surface area contributed by atoms with E-state index >= 15 is 0 Å². The molecule has 4 aliphatic rings. The second kappa shape index (κ2) is 9.53. The van der Waals surface area contributed by atoms with Crippen molar-refractivity contribution in [2.75, 3.05) is 31.1 Å². The minimum absolute atomic E-state index is 0.0832. The number of nitrogens with zero attached hydrogens (tertiary/aromatic N) is 5. The van der Waals surface area contributed by atoms with E-state index in [2.05, 4.69) is 67.3 Å². The lowest BCUT2D eigenvalue weighted by Crippen LogP contribution is -2.59. The van der Waals surface area contributed by atoms with E-state index in [0.717, 1.165) is 48.6 Å². The average molecular weight is 547 g/mol. The monoisotopic (exact) mass is 546 g/mol. The van der Waals surface area contributed by atoms with Crippen LogP contribution < -0.4 is 9.62 Å². The van der Waals surface area contributed by atoms with Crippen molar-refractivity contribution < 1.29 is 13.2 Å². The van der Waals surface area contributed by atoms with Crippen LogP contribution >= 0.6 is 0 Å². The highest BCUT2D eigenvalue weighted by molar-refractivity contribution is 7.89. The van der Waals surface area contributed by atoms with Crippen molar-refractivity contribution in [1.82, 2.24) is 24.6 Å². The summed E-state index contributed by atoms with van der Waals surface area (Å²) >= 11 is 0. The van der Waals surface area contributed by atoms with E-state index in [1.54, 1.807) is 7.05 Å². The molecule has 7 rings (SSSR count). The van der Waals surface area contributed by atoms with Gasteiger partial charge in [-0.05, 0) is 60.3 Å². The quantitative estimate of drug-likeness (QED) is 0.433. The van der Waals surface area contributed by atoms with Gasteiger partial charge in [-0.3, -0.25) is 14.4 Å². The molecule has 3 aromatic rings. The largest absolute Gasteiger partial charge is 0.368 e. The van der Waals surface area contributed by atoms with Gasteiger partial charge < -0.3 is 4.90 Å². The van der Waals surface area contributed by atoms with Gasteiger partial charge in [0.2, 0.25) is 5.03 Å². The van der Waals surface area contributed by atoms with Gasteiger partial charge in [0.25, 0.3) is 10.0 Å². The van der Waals surface area contributed by atoms with Crippen LogP contribution in [0.15, 0.2) is 53.7 Å². The van der Waals surface area contributed by atoms with Crippen LogP contribution in [0, 0.1) is 11.8 Å². The average Bonchev–Trinajstić information content (AvgIpc) is 3.27. The molecule has 3 fully saturated rings. The van der Waals surface area contributed by atoms with E-state index in [1.165, 1.54) is 47.1 Å². The van der Waals surface area contributed by atoms with Crippen LogP contribution in [0.2, 0.25) is 0 Å². The van der Waals surface area contributed by atoms with Crippen LogP contribution in [0.5, 0.6) is 0 Å². The van der Waals surface area contributed by atoms with E-state index in [-0.39, 0.29) is 17.0 Å². The molecule has 39 heavy (non-hydrogen) atoms. The maximum Gasteiger partial charge on any atom is 0.261 e. The summed E-state index contributed by atoms with van der Waals surface area (Å²) in [6.07, 6.45) is 6.82. The Hall–Kier alpha value is -3.08. The number of carbonyl (C=O) groups is 1. The zero-order valence-electron chi connectivity index (χ0n) is 22.1. The van der Waals surface area contributed by atoms with Crippen LogP contribution in [-0.2, 0) is 29.9 Å². The third-order valence-electron chi connectivity index (χ3n) is 9.19. The molecule has 0 spiro atoms. The molecule has 2 aliphatic heterocycles. The number of aryl methyl sites for hydroxylation is 2. The number of carbonyl (C=O) groups excluding carboxylic acids is 1. The van der Waals surface area contributed by atoms with Gasteiger partial charge in [-0.2, -0.15) is 0 Å². The zero-order valence-corrected chi connectivity index (χ0v) is 22.9. The van der Waals surface area contributed by atoms with E-state index in [9.17, 15) is 13.2 Å². The lowest BCUT2D eigenvalue weighted by Gasteiger charge is -2.44. The number of aldehydes is 1. The number of sulfonamides is 1. The summed E-state index contributed by atoms with van der Waals surface area (Å²) in [6, 6.07) is 15.1. The summed E-state index contributed by atoms with van der Waals surface area (Å²) in [6.45, 7) is 3.38. The number of rotatable bonds is 8. The van der Waals surface area contributed by atoms with Crippen molar-refractivity contribution in [3.63, 3.8) is 0 Å². The van der Waals surface area contributed by atoms with Gasteiger partial charge in [0.05, 0.1) is 12.2 Å². The van der Waals surface area contributed by atoms with Crippen molar-refractivity contribution in [2.45, 2.75) is 48.7 Å². The molecule has 3 heterocycles. The fourth-order valence-corrected chi connectivity index (χ4v) is 8.29. The van der Waals surface area contributed by atoms with E-state index in [1.807, 2.05) is 0 Å². The molecular formula is C29H34N6O3S. The molecule has 9 nitrogen and oxygen atoms in total. The second-order valence-corrected chi connectivity index (χ2v) is 13.4. The number of fused-ring (bicyclic) bond motifs is 2. The maximum atomic E-state index is 12.8. The van der Waals surface area contributed by atoms with Crippen LogP contribution in [0.1, 0.15) is 45.8 Å². The maximum absolute atomic E-state index is 12.8. The Morgan fingerprint density at radius 3 is 2.51 bits per heavy atom. The van der Waals surface area contributed by atoms with Crippen molar-refractivity contribution in [1.29, 1.82) is 0 Å². The number of aromatic nitrogens is 3. The second-order valence-electron chi connectivity index (χ2n) is 11.8. The first-order valence-electron chi connectivity index (χ1n) is 13.9. The van der Waals surface area contributed by atoms with Gasteiger partial charge in [0.1, 0.15) is 0 Å². The first-order chi connectivity index (χ1) is 18.9. The molecule has 4 atom stereocenters. The van der Waals surface area contributed by atoms with E-state index in [4.69, 9.17) is 0 Å². The highest BCUT2D eigenvalue weighted by Gasteiger charge is 2.49. The number of nitrogens with one attached hydrogen (secondary N) is 1. The highest BCUT2D eigenvalue weighted by atomic mass is 32.2. The smallest absolute Gasteiger partial charge is 0.261 e. The number of piperidine rings is 1. The molecule has 0 bridgehead atoms. The Balaban J connectivity index is 1.16. The Morgan fingerprint density at radius 1 is 1.05 bits per heavy atom. The van der Waals surface area contributed by atoms with Crippen LogP contribution in [-0.4, -0.2) is 72.9 Å². The van der Waals surface area contributed by atoms with Gasteiger partial charge in [-0.25, -0.2) is 13.1 Å². The molecule has 2 saturated heterocycles. The number of hydrogen-bond donors (Lipinski definition) is 1. The Labute approximate surface area is 229 Å². The molecule has 1 saturated carbocycles. The van der Waals surface area contributed by atoms with Crippen molar-refractivity contribution in [3.8, 4) is 0 Å². The number of likely N-dealkylation sites (tertiary alicyclic amines) is 1. The first-order valence-corrected chi connectivity index (χ1v) is 15.4. The SMILES string of the molecule is Cn1cc(S(=O)(=O)NC2CN(c3ccc4c(c3C=O)[C@@H](Cc3ccccc3)[C@@H](N3CC5CC5C3)CC4)C2)nn1. The number of anilines is 1.